The summed E-state index contributed by atoms with van der Waals surface area (Å²) in [5.74, 6) is 2.22. The number of rotatable bonds is 12. The van der Waals surface area contributed by atoms with Crippen molar-refractivity contribution in [1.29, 1.82) is 0 Å². The number of hydrogen-bond donors (Lipinski definition) is 1. The lowest BCUT2D eigenvalue weighted by Gasteiger charge is -2.34. The number of nitrogens with two attached hydrogens (primary N) is 1. The van der Waals surface area contributed by atoms with Gasteiger partial charge in [-0.15, -0.1) is 0 Å². The van der Waals surface area contributed by atoms with Crippen molar-refractivity contribution in [2.45, 2.75) is 39.2 Å². The molecule has 6 nitrogen and oxygen atoms in total. The van der Waals surface area contributed by atoms with Crippen LogP contribution in [0.2, 0.25) is 0 Å². The van der Waals surface area contributed by atoms with Crippen LogP contribution >= 0.6 is 0 Å². The molecule has 0 unspecified atom stereocenters. The van der Waals surface area contributed by atoms with Gasteiger partial charge in [0.25, 0.3) is 0 Å². The molecule has 1 saturated heterocycles. The molecule has 1 aromatic rings. The van der Waals surface area contributed by atoms with Crippen LogP contribution in [-0.2, 0) is 6.54 Å². The van der Waals surface area contributed by atoms with Gasteiger partial charge in [0.15, 0.2) is 11.5 Å². The Morgan fingerprint density at radius 1 is 0.926 bits per heavy atom. The van der Waals surface area contributed by atoms with E-state index in [1.807, 2.05) is 0 Å². The lowest BCUT2D eigenvalue weighted by Crippen LogP contribution is -2.46. The lowest BCUT2D eigenvalue weighted by molar-refractivity contribution is 0.126. The van der Waals surface area contributed by atoms with Gasteiger partial charge in [0.05, 0.1) is 20.8 Å². The molecule has 6 heteroatoms. The van der Waals surface area contributed by atoms with Crippen LogP contribution in [0.1, 0.15) is 38.2 Å². The minimum atomic E-state index is 0.685. The van der Waals surface area contributed by atoms with E-state index in [0.29, 0.717) is 12.4 Å². The van der Waals surface area contributed by atoms with Gasteiger partial charge in [0.2, 0.25) is 5.75 Å². The highest BCUT2D eigenvalue weighted by molar-refractivity contribution is 5.53. The molecule has 1 aromatic carbocycles. The molecule has 1 aliphatic rings. The van der Waals surface area contributed by atoms with Crippen LogP contribution in [0.3, 0.4) is 0 Å². The predicted molar refractivity (Wildman–Crippen MR) is 110 cm³/mol. The maximum Gasteiger partial charge on any atom is 0.203 e. The number of methoxy groups -OCH3 is 2. The fourth-order valence-corrected chi connectivity index (χ4v) is 3.44. The molecular formula is C21H37N3O3. The third-order valence-electron chi connectivity index (χ3n) is 5.06. The fraction of sp³-hybridized carbons (Fsp3) is 0.714. The van der Waals surface area contributed by atoms with Crippen molar-refractivity contribution in [1.82, 2.24) is 9.80 Å². The Labute approximate surface area is 164 Å². The molecule has 1 fully saturated rings. The third kappa shape index (κ3) is 6.87. The molecule has 0 spiro atoms. The first kappa shape index (κ1) is 21.8. The number of benzene rings is 1. The standard InChI is InChI=1S/C21H37N3O3/c1-4-5-6-14-27-21-19(25-2)15-18(16-20(21)26-3)17-24-12-10-23(11-13-24)9-7-8-22/h15-16H,4-14,17,22H2,1-3H3. The van der Waals surface area contributed by atoms with E-state index in [9.17, 15) is 0 Å². The van der Waals surface area contributed by atoms with Crippen LogP contribution in [0.15, 0.2) is 12.1 Å². The van der Waals surface area contributed by atoms with Gasteiger partial charge in [-0.25, -0.2) is 0 Å². The Kier molecular flexibility index (Phi) is 9.73. The van der Waals surface area contributed by atoms with Gasteiger partial charge in [0.1, 0.15) is 0 Å². The van der Waals surface area contributed by atoms with Crippen molar-refractivity contribution >= 4 is 0 Å². The highest BCUT2D eigenvalue weighted by Gasteiger charge is 2.19. The zero-order valence-electron chi connectivity index (χ0n) is 17.3. The number of nitrogens with zero attached hydrogens (tertiary/aromatic N) is 2. The van der Waals surface area contributed by atoms with Crippen molar-refractivity contribution in [2.24, 2.45) is 5.73 Å². The summed E-state index contributed by atoms with van der Waals surface area (Å²) < 4.78 is 17.2. The summed E-state index contributed by atoms with van der Waals surface area (Å²) in [5, 5.41) is 0. The first-order chi connectivity index (χ1) is 13.2. The van der Waals surface area contributed by atoms with Gasteiger partial charge in [-0.2, -0.15) is 0 Å². The van der Waals surface area contributed by atoms with Crippen molar-refractivity contribution in [3.05, 3.63) is 17.7 Å². The maximum absolute atomic E-state index is 5.97. The van der Waals surface area contributed by atoms with Gasteiger partial charge in [-0.1, -0.05) is 19.8 Å². The summed E-state index contributed by atoms with van der Waals surface area (Å²) in [7, 11) is 3.38. The van der Waals surface area contributed by atoms with E-state index in [-0.39, 0.29) is 0 Å². The van der Waals surface area contributed by atoms with E-state index in [1.54, 1.807) is 14.2 Å². The zero-order valence-corrected chi connectivity index (χ0v) is 17.3. The van der Waals surface area contributed by atoms with Crippen LogP contribution in [0, 0.1) is 0 Å². The minimum absolute atomic E-state index is 0.685. The second kappa shape index (κ2) is 12.1. The Morgan fingerprint density at radius 2 is 1.56 bits per heavy atom. The van der Waals surface area contributed by atoms with E-state index < -0.39 is 0 Å². The predicted octanol–water partition coefficient (Wildman–Crippen LogP) is 2.74. The summed E-state index contributed by atoms with van der Waals surface area (Å²) in [6, 6.07) is 4.16. The number of hydrogen-bond acceptors (Lipinski definition) is 6. The third-order valence-corrected chi connectivity index (χ3v) is 5.06. The molecule has 27 heavy (non-hydrogen) atoms. The highest BCUT2D eigenvalue weighted by Crippen LogP contribution is 2.39. The van der Waals surface area contributed by atoms with E-state index in [2.05, 4.69) is 28.9 Å². The first-order valence-corrected chi connectivity index (χ1v) is 10.2. The number of unbranched alkanes of at least 4 members (excludes halogenated alkanes) is 2. The lowest BCUT2D eigenvalue weighted by atomic mass is 10.1. The quantitative estimate of drug-likeness (QED) is 0.564. The van der Waals surface area contributed by atoms with Gasteiger partial charge in [-0.05, 0) is 43.6 Å². The molecular weight excluding hydrogens is 342 g/mol. The molecule has 0 saturated carbocycles. The van der Waals surface area contributed by atoms with Crippen molar-refractivity contribution in [3.8, 4) is 17.2 Å². The summed E-state index contributed by atoms with van der Waals surface area (Å²) in [6.07, 6.45) is 4.46. The fourth-order valence-electron chi connectivity index (χ4n) is 3.44. The highest BCUT2D eigenvalue weighted by atomic mass is 16.5. The van der Waals surface area contributed by atoms with E-state index >= 15 is 0 Å². The van der Waals surface area contributed by atoms with E-state index in [1.165, 1.54) is 18.4 Å². The molecule has 0 aliphatic carbocycles. The monoisotopic (exact) mass is 379 g/mol. The molecule has 154 valence electrons. The summed E-state index contributed by atoms with van der Waals surface area (Å²) in [6.45, 7) is 10.0. The molecule has 1 aliphatic heterocycles. The van der Waals surface area contributed by atoms with Gasteiger partial charge >= 0.3 is 0 Å². The Morgan fingerprint density at radius 3 is 2.11 bits per heavy atom. The Bertz CT molecular complexity index is 520. The van der Waals surface area contributed by atoms with E-state index in [4.69, 9.17) is 19.9 Å². The molecule has 1 heterocycles. The Hall–Kier alpha value is -1.50. The van der Waals surface area contributed by atoms with Crippen molar-refractivity contribution in [3.63, 3.8) is 0 Å². The molecule has 0 amide bonds. The average molecular weight is 380 g/mol. The second-order valence-corrected chi connectivity index (χ2v) is 7.15. The van der Waals surface area contributed by atoms with Gasteiger partial charge < -0.3 is 24.8 Å². The first-order valence-electron chi connectivity index (χ1n) is 10.2. The topological polar surface area (TPSA) is 60.2 Å². The van der Waals surface area contributed by atoms with Crippen LogP contribution in [-0.4, -0.2) is 69.9 Å². The average Bonchev–Trinajstić information content (AvgIpc) is 2.70. The summed E-state index contributed by atoms with van der Waals surface area (Å²) in [4.78, 5) is 4.98. The van der Waals surface area contributed by atoms with Crippen LogP contribution in [0.25, 0.3) is 0 Å². The van der Waals surface area contributed by atoms with Crippen LogP contribution in [0.4, 0.5) is 0 Å². The largest absolute Gasteiger partial charge is 0.493 e. The summed E-state index contributed by atoms with van der Waals surface area (Å²) in [5.41, 5.74) is 6.81. The molecule has 2 N–H and O–H groups in total. The normalized spacial score (nSPS) is 15.7. The summed E-state index contributed by atoms with van der Waals surface area (Å²) >= 11 is 0. The van der Waals surface area contributed by atoms with E-state index in [0.717, 1.165) is 70.2 Å². The van der Waals surface area contributed by atoms with Crippen LogP contribution < -0.4 is 19.9 Å². The van der Waals surface area contributed by atoms with Crippen molar-refractivity contribution in [2.75, 3.05) is 60.1 Å². The molecule has 0 atom stereocenters. The number of piperazine rings is 1. The second-order valence-electron chi connectivity index (χ2n) is 7.15. The molecule has 0 radical (unpaired) electrons. The van der Waals surface area contributed by atoms with Crippen LogP contribution in [0.5, 0.6) is 17.2 Å². The Balaban J connectivity index is 1.97. The van der Waals surface area contributed by atoms with Gasteiger partial charge in [0, 0.05) is 32.7 Å². The SMILES string of the molecule is CCCCCOc1c(OC)cc(CN2CCN(CCCN)CC2)cc1OC. The molecule has 0 aromatic heterocycles. The van der Waals surface area contributed by atoms with Gasteiger partial charge in [-0.3, -0.25) is 4.90 Å². The smallest absolute Gasteiger partial charge is 0.203 e. The minimum Gasteiger partial charge on any atom is -0.493 e. The maximum atomic E-state index is 5.97. The molecule has 2 rings (SSSR count). The number of ether oxygens (including phenoxy) is 3. The zero-order chi connectivity index (χ0) is 19.5. The molecule has 0 bridgehead atoms. The van der Waals surface area contributed by atoms with Crippen molar-refractivity contribution < 1.29 is 14.2 Å².